The second kappa shape index (κ2) is 5.63. The molecule has 14 heavy (non-hydrogen) atoms. The maximum absolute atomic E-state index is 11.8. The average Bonchev–Trinajstić information content (AvgIpc) is 2.12. The van der Waals surface area contributed by atoms with Crippen LogP contribution in [0.15, 0.2) is 22.7 Å². The largest absolute Gasteiger partial charge is 0.307 e. The average molecular weight is 285 g/mol. The van der Waals surface area contributed by atoms with Crippen molar-refractivity contribution in [1.82, 2.24) is 5.32 Å². The van der Waals surface area contributed by atoms with Crippen LogP contribution in [0.3, 0.4) is 0 Å². The Morgan fingerprint density at radius 1 is 1.43 bits per heavy atom. The highest BCUT2D eigenvalue weighted by Gasteiger charge is 2.05. The van der Waals surface area contributed by atoms with Crippen LogP contribution >= 0.6 is 27.5 Å². The number of nitrogens with one attached hydrogen (secondary N) is 1. The minimum atomic E-state index is -2.33. The van der Waals surface area contributed by atoms with E-state index in [0.717, 1.165) is 10.0 Å². The van der Waals surface area contributed by atoms with E-state index < -0.39 is 6.43 Å². The monoisotopic (exact) mass is 283 g/mol. The molecule has 5 heteroatoms. The molecule has 0 fully saturated rings. The molecule has 0 atom stereocenters. The smallest absolute Gasteiger partial charge is 0.250 e. The first-order chi connectivity index (χ1) is 6.61. The van der Waals surface area contributed by atoms with E-state index in [9.17, 15) is 8.78 Å². The SMILES string of the molecule is FC(F)CNCc1cccc(Br)c1Cl. The Bertz CT molecular complexity index is 307. The lowest BCUT2D eigenvalue weighted by molar-refractivity contribution is 0.145. The molecule has 0 saturated heterocycles. The van der Waals surface area contributed by atoms with Gasteiger partial charge >= 0.3 is 0 Å². The van der Waals surface area contributed by atoms with E-state index in [0.29, 0.717) is 11.6 Å². The summed E-state index contributed by atoms with van der Waals surface area (Å²) in [5, 5.41) is 3.18. The molecule has 0 spiro atoms. The van der Waals surface area contributed by atoms with Crippen LogP contribution in [0, 0.1) is 0 Å². The summed E-state index contributed by atoms with van der Waals surface area (Å²) in [5.41, 5.74) is 0.807. The van der Waals surface area contributed by atoms with Crippen LogP contribution in [-0.2, 0) is 6.54 Å². The third-order valence-electron chi connectivity index (χ3n) is 1.65. The van der Waals surface area contributed by atoms with Gasteiger partial charge in [-0.05, 0) is 27.6 Å². The summed E-state index contributed by atoms with van der Waals surface area (Å²) in [5.74, 6) is 0. The van der Waals surface area contributed by atoms with Gasteiger partial charge in [0.1, 0.15) is 0 Å². The van der Waals surface area contributed by atoms with Crippen molar-refractivity contribution in [2.24, 2.45) is 0 Å². The Morgan fingerprint density at radius 3 is 2.79 bits per heavy atom. The topological polar surface area (TPSA) is 12.0 Å². The standard InChI is InChI=1S/C9H9BrClF2N/c10-7-3-1-2-6(9(7)11)4-14-5-8(12)13/h1-3,8,14H,4-5H2. The highest BCUT2D eigenvalue weighted by molar-refractivity contribution is 9.10. The van der Waals surface area contributed by atoms with Crippen LogP contribution in [0.2, 0.25) is 5.02 Å². The van der Waals surface area contributed by atoms with Gasteiger partial charge in [0.05, 0.1) is 11.6 Å². The molecule has 0 heterocycles. The van der Waals surface area contributed by atoms with Gasteiger partial charge < -0.3 is 5.32 Å². The maximum atomic E-state index is 11.8. The van der Waals surface area contributed by atoms with Crippen LogP contribution in [0.25, 0.3) is 0 Å². The van der Waals surface area contributed by atoms with Gasteiger partial charge in [0.15, 0.2) is 0 Å². The molecule has 1 aromatic rings. The first-order valence-corrected chi connectivity index (χ1v) is 5.20. The quantitative estimate of drug-likeness (QED) is 0.893. The molecule has 0 amide bonds. The molecule has 0 aliphatic carbocycles. The van der Waals surface area contributed by atoms with Gasteiger partial charge in [-0.3, -0.25) is 0 Å². The number of rotatable bonds is 4. The van der Waals surface area contributed by atoms with Gasteiger partial charge in [-0.2, -0.15) is 0 Å². The Morgan fingerprint density at radius 2 is 2.14 bits per heavy atom. The molecule has 78 valence electrons. The van der Waals surface area contributed by atoms with Crippen LogP contribution in [0.1, 0.15) is 5.56 Å². The van der Waals surface area contributed by atoms with Crippen molar-refractivity contribution in [2.45, 2.75) is 13.0 Å². The van der Waals surface area contributed by atoms with E-state index in [4.69, 9.17) is 11.6 Å². The molecule has 0 aliphatic rings. The Balaban J connectivity index is 2.54. The molecule has 0 radical (unpaired) electrons. The van der Waals surface area contributed by atoms with Gasteiger partial charge in [-0.25, -0.2) is 8.78 Å². The molecule has 1 N–H and O–H groups in total. The Kier molecular flexibility index (Phi) is 4.78. The van der Waals surface area contributed by atoms with Crippen molar-refractivity contribution in [3.63, 3.8) is 0 Å². The highest BCUT2D eigenvalue weighted by atomic mass is 79.9. The normalized spacial score (nSPS) is 10.9. The van der Waals surface area contributed by atoms with Crippen molar-refractivity contribution >= 4 is 27.5 Å². The van der Waals surface area contributed by atoms with Crippen LogP contribution < -0.4 is 5.32 Å². The van der Waals surface area contributed by atoms with Gasteiger partial charge in [0.25, 0.3) is 6.43 Å². The first-order valence-electron chi connectivity index (χ1n) is 4.03. The van der Waals surface area contributed by atoms with Crippen LogP contribution in [0.5, 0.6) is 0 Å². The number of halogens is 4. The van der Waals surface area contributed by atoms with E-state index >= 15 is 0 Å². The first kappa shape index (κ1) is 11.9. The van der Waals surface area contributed by atoms with Crippen LogP contribution in [-0.4, -0.2) is 13.0 Å². The van der Waals surface area contributed by atoms with Crippen molar-refractivity contribution < 1.29 is 8.78 Å². The fourth-order valence-electron chi connectivity index (χ4n) is 1.00. The van der Waals surface area contributed by atoms with Gasteiger partial charge in [0.2, 0.25) is 0 Å². The highest BCUT2D eigenvalue weighted by Crippen LogP contribution is 2.25. The zero-order chi connectivity index (χ0) is 10.6. The van der Waals surface area contributed by atoms with Crippen molar-refractivity contribution in [3.8, 4) is 0 Å². The summed E-state index contributed by atoms with van der Waals surface area (Å²) < 4.78 is 24.4. The fraction of sp³-hybridized carbons (Fsp3) is 0.333. The lowest BCUT2D eigenvalue weighted by Crippen LogP contribution is -2.20. The van der Waals surface area contributed by atoms with E-state index in [2.05, 4.69) is 21.2 Å². The zero-order valence-corrected chi connectivity index (χ0v) is 9.58. The van der Waals surface area contributed by atoms with E-state index in [1.54, 1.807) is 12.1 Å². The molecular formula is C9H9BrClF2N. The number of alkyl halides is 2. The summed E-state index contributed by atoms with van der Waals surface area (Å²) >= 11 is 9.19. The molecule has 1 rings (SSSR count). The molecule has 0 bridgehead atoms. The Labute approximate surface area is 94.6 Å². The summed E-state index contributed by atoms with van der Waals surface area (Å²) in [6.07, 6.45) is -2.33. The van der Waals surface area contributed by atoms with Gasteiger partial charge in [0, 0.05) is 11.0 Å². The third-order valence-corrected chi connectivity index (χ3v) is 2.98. The number of hydrogen-bond donors (Lipinski definition) is 1. The zero-order valence-electron chi connectivity index (χ0n) is 7.24. The molecule has 1 aromatic carbocycles. The third kappa shape index (κ3) is 3.52. The molecule has 0 unspecified atom stereocenters. The van der Waals surface area contributed by atoms with Crippen molar-refractivity contribution in [3.05, 3.63) is 33.3 Å². The van der Waals surface area contributed by atoms with E-state index in [1.165, 1.54) is 0 Å². The number of hydrogen-bond acceptors (Lipinski definition) is 1. The lowest BCUT2D eigenvalue weighted by Gasteiger charge is -2.07. The van der Waals surface area contributed by atoms with Gasteiger partial charge in [-0.15, -0.1) is 0 Å². The molecular weight excluding hydrogens is 275 g/mol. The fourth-order valence-corrected chi connectivity index (χ4v) is 1.60. The second-order valence-corrected chi connectivity index (χ2v) is 3.97. The molecule has 1 nitrogen and oxygen atoms in total. The summed E-state index contributed by atoms with van der Waals surface area (Å²) in [4.78, 5) is 0. The van der Waals surface area contributed by atoms with Crippen LogP contribution in [0.4, 0.5) is 8.78 Å². The minimum absolute atomic E-state index is 0.317. The van der Waals surface area contributed by atoms with E-state index in [1.807, 2.05) is 6.07 Å². The lowest BCUT2D eigenvalue weighted by atomic mass is 10.2. The predicted octanol–water partition coefficient (Wildman–Crippen LogP) is 3.46. The molecule has 0 aromatic heterocycles. The van der Waals surface area contributed by atoms with E-state index in [-0.39, 0.29) is 6.54 Å². The summed E-state index contributed by atoms with van der Waals surface area (Å²) in [7, 11) is 0. The number of benzene rings is 1. The summed E-state index contributed by atoms with van der Waals surface area (Å²) in [6, 6.07) is 5.42. The van der Waals surface area contributed by atoms with Crippen molar-refractivity contribution in [1.29, 1.82) is 0 Å². The minimum Gasteiger partial charge on any atom is -0.307 e. The predicted molar refractivity (Wildman–Crippen MR) is 56.9 cm³/mol. The molecule has 0 saturated carbocycles. The van der Waals surface area contributed by atoms with Crippen molar-refractivity contribution in [2.75, 3.05) is 6.54 Å². The second-order valence-electron chi connectivity index (χ2n) is 2.73. The molecule has 0 aliphatic heterocycles. The Hall–Kier alpha value is -0.190. The maximum Gasteiger partial charge on any atom is 0.250 e. The van der Waals surface area contributed by atoms with Gasteiger partial charge in [-0.1, -0.05) is 23.7 Å². The summed E-state index contributed by atoms with van der Waals surface area (Å²) in [6.45, 7) is 0.0332.